The zero-order valence-electron chi connectivity index (χ0n) is 16.5. The van der Waals surface area contributed by atoms with Crippen LogP contribution in [0.5, 0.6) is 5.88 Å². The number of aromatic amines is 1. The molecule has 0 amide bonds. The van der Waals surface area contributed by atoms with Crippen LogP contribution in [0.3, 0.4) is 0 Å². The summed E-state index contributed by atoms with van der Waals surface area (Å²) in [6, 6.07) is 8.83. The number of anilines is 1. The number of thiazole rings is 1. The summed E-state index contributed by atoms with van der Waals surface area (Å²) in [6.45, 7) is 0.155. The van der Waals surface area contributed by atoms with Gasteiger partial charge < -0.3 is 15.2 Å². The third-order valence-corrected chi connectivity index (χ3v) is 5.86. The molecule has 0 fully saturated rings. The van der Waals surface area contributed by atoms with Crippen molar-refractivity contribution < 1.29 is 23.0 Å². The fraction of sp³-hybridized carbons (Fsp3) is 0.143. The van der Waals surface area contributed by atoms with Crippen LogP contribution >= 0.6 is 22.9 Å². The molecule has 0 bridgehead atoms. The maximum absolute atomic E-state index is 13.7. The molecule has 166 valence electrons. The van der Waals surface area contributed by atoms with Gasteiger partial charge in [0.15, 0.2) is 5.13 Å². The molecule has 0 radical (unpaired) electrons. The Balaban J connectivity index is 1.92. The number of alkyl halides is 3. The fourth-order valence-corrected chi connectivity index (χ4v) is 4.19. The van der Waals surface area contributed by atoms with E-state index in [2.05, 4.69) is 20.5 Å². The number of methoxy groups -OCH3 is 1. The molecule has 0 unspecified atom stereocenters. The van der Waals surface area contributed by atoms with Gasteiger partial charge in [0.1, 0.15) is 11.6 Å². The van der Waals surface area contributed by atoms with Crippen LogP contribution in [0.4, 0.5) is 18.3 Å². The third-order valence-electron chi connectivity index (χ3n) is 4.59. The van der Waals surface area contributed by atoms with Gasteiger partial charge in [-0.2, -0.15) is 23.3 Å². The number of aromatic hydroxyl groups is 1. The van der Waals surface area contributed by atoms with Crippen LogP contribution in [0, 0.1) is 0 Å². The largest absolute Gasteiger partial charge is 0.492 e. The molecule has 4 rings (SSSR count). The van der Waals surface area contributed by atoms with Gasteiger partial charge in [-0.05, 0) is 41.5 Å². The van der Waals surface area contributed by atoms with Crippen LogP contribution in [0.25, 0.3) is 22.6 Å². The van der Waals surface area contributed by atoms with E-state index in [0.29, 0.717) is 21.1 Å². The highest BCUT2D eigenvalue weighted by atomic mass is 35.5. The van der Waals surface area contributed by atoms with Crippen LogP contribution in [0.2, 0.25) is 5.02 Å². The number of ether oxygens (including phenoxy) is 1. The Hall–Kier alpha value is -3.08. The molecule has 0 spiro atoms. The molecular weight excluding hydrogens is 465 g/mol. The van der Waals surface area contributed by atoms with E-state index in [9.17, 15) is 18.3 Å². The summed E-state index contributed by atoms with van der Waals surface area (Å²) < 4.78 is 46.0. The number of aromatic nitrogens is 3. The second-order valence-corrected chi connectivity index (χ2v) is 8.18. The number of nitrogens with zero attached hydrogens (tertiary/aromatic N) is 2. The van der Waals surface area contributed by atoms with Gasteiger partial charge in [0, 0.05) is 23.1 Å². The van der Waals surface area contributed by atoms with E-state index in [4.69, 9.17) is 16.3 Å². The molecule has 2 heterocycles. The van der Waals surface area contributed by atoms with Crippen molar-refractivity contribution in [2.24, 2.45) is 0 Å². The Labute approximate surface area is 189 Å². The smallest absolute Gasteiger partial charge is 0.417 e. The average Bonchev–Trinajstić information content (AvgIpc) is 3.36. The quantitative estimate of drug-likeness (QED) is 0.233. The first-order valence-electron chi connectivity index (χ1n) is 9.21. The highest BCUT2D eigenvalue weighted by Gasteiger charge is 2.33. The summed E-state index contributed by atoms with van der Waals surface area (Å²) in [5.74, 6) is -0.310. The van der Waals surface area contributed by atoms with Crippen LogP contribution in [0.1, 0.15) is 21.6 Å². The first-order valence-corrected chi connectivity index (χ1v) is 10.4. The van der Waals surface area contributed by atoms with E-state index in [1.54, 1.807) is 24.4 Å². The number of nitrogens with one attached hydrogen (secondary N) is 2. The summed E-state index contributed by atoms with van der Waals surface area (Å²) in [5.41, 5.74) is 0.740. The van der Waals surface area contributed by atoms with Gasteiger partial charge in [0.2, 0.25) is 5.88 Å². The number of halogens is 4. The van der Waals surface area contributed by atoms with Crippen LogP contribution < -0.4 is 5.32 Å². The monoisotopic (exact) mass is 480 g/mol. The van der Waals surface area contributed by atoms with Gasteiger partial charge in [-0.15, -0.1) is 0 Å². The van der Waals surface area contributed by atoms with Crippen molar-refractivity contribution in [3.05, 3.63) is 69.2 Å². The fourth-order valence-electron chi connectivity index (χ4n) is 3.14. The van der Waals surface area contributed by atoms with Crippen molar-refractivity contribution in [1.82, 2.24) is 15.2 Å². The van der Waals surface area contributed by atoms with Crippen molar-refractivity contribution in [2.75, 3.05) is 19.2 Å². The van der Waals surface area contributed by atoms with Gasteiger partial charge in [-0.3, -0.25) is 5.10 Å². The zero-order valence-corrected chi connectivity index (χ0v) is 18.1. The van der Waals surface area contributed by atoms with Crippen LogP contribution in [0.15, 0.2) is 42.6 Å². The summed E-state index contributed by atoms with van der Waals surface area (Å²) in [6.07, 6.45) is -1.64. The van der Waals surface area contributed by atoms with Crippen LogP contribution in [-0.4, -0.2) is 34.1 Å². The Morgan fingerprint density at radius 1 is 1.28 bits per heavy atom. The lowest BCUT2D eigenvalue weighted by Crippen LogP contribution is -2.07. The molecule has 2 aromatic carbocycles. The molecule has 32 heavy (non-hydrogen) atoms. The number of hydrogen-bond donors (Lipinski definition) is 3. The van der Waals surface area contributed by atoms with E-state index < -0.39 is 11.7 Å². The van der Waals surface area contributed by atoms with E-state index >= 15 is 0 Å². The minimum absolute atomic E-state index is 0.0254. The Kier molecular flexibility index (Phi) is 6.09. The number of H-pyrrole nitrogens is 1. The topological polar surface area (TPSA) is 83.1 Å². The average molecular weight is 481 g/mol. The SMILES string of the molecule is COCNc1nc(O)c(C(=Cc2ccc(Cl)cc2C(F)(F)F)c2ccc3[nH]ncc3c2)s1. The van der Waals surface area contributed by atoms with Crippen molar-refractivity contribution in [1.29, 1.82) is 0 Å². The number of hydrogen-bond acceptors (Lipinski definition) is 6. The summed E-state index contributed by atoms with van der Waals surface area (Å²) in [7, 11) is 1.49. The Bertz CT molecular complexity index is 1300. The summed E-state index contributed by atoms with van der Waals surface area (Å²) in [5, 5.41) is 21.3. The maximum atomic E-state index is 13.7. The highest BCUT2D eigenvalue weighted by molar-refractivity contribution is 7.17. The normalized spacial score (nSPS) is 12.5. The lowest BCUT2D eigenvalue weighted by Gasteiger charge is -2.13. The molecule has 4 aromatic rings. The lowest BCUT2D eigenvalue weighted by molar-refractivity contribution is -0.137. The summed E-state index contributed by atoms with van der Waals surface area (Å²) in [4.78, 5) is 4.35. The van der Waals surface area contributed by atoms with Crippen molar-refractivity contribution in [3.8, 4) is 5.88 Å². The number of fused-ring (bicyclic) bond motifs is 1. The van der Waals surface area contributed by atoms with Crippen molar-refractivity contribution >= 4 is 50.6 Å². The van der Waals surface area contributed by atoms with Gasteiger partial charge in [0.25, 0.3) is 0 Å². The molecule has 0 saturated carbocycles. The predicted molar refractivity (Wildman–Crippen MR) is 119 cm³/mol. The van der Waals surface area contributed by atoms with E-state index in [0.717, 1.165) is 28.3 Å². The van der Waals surface area contributed by atoms with Crippen molar-refractivity contribution in [3.63, 3.8) is 0 Å². The minimum Gasteiger partial charge on any atom is -0.492 e. The molecule has 3 N–H and O–H groups in total. The van der Waals surface area contributed by atoms with Gasteiger partial charge >= 0.3 is 6.18 Å². The third kappa shape index (κ3) is 4.57. The molecule has 0 saturated heterocycles. The molecular formula is C21H16ClF3N4O2S. The molecule has 0 atom stereocenters. The van der Waals surface area contributed by atoms with Gasteiger partial charge in [-0.1, -0.05) is 35.1 Å². The summed E-state index contributed by atoms with van der Waals surface area (Å²) >= 11 is 6.92. The first kappa shape index (κ1) is 22.1. The maximum Gasteiger partial charge on any atom is 0.417 e. The molecule has 6 nitrogen and oxygen atoms in total. The number of benzene rings is 2. The molecule has 0 aliphatic heterocycles. The predicted octanol–water partition coefficient (Wildman–Crippen LogP) is 6.00. The molecule has 11 heteroatoms. The molecule has 0 aliphatic carbocycles. The minimum atomic E-state index is -4.61. The number of rotatable bonds is 6. The second kappa shape index (κ2) is 8.81. The molecule has 0 aliphatic rings. The van der Waals surface area contributed by atoms with Crippen LogP contribution in [-0.2, 0) is 10.9 Å². The molecule has 2 aromatic heterocycles. The van der Waals surface area contributed by atoms with Gasteiger partial charge in [0.05, 0.1) is 17.3 Å². The van der Waals surface area contributed by atoms with E-state index in [1.165, 1.54) is 25.3 Å². The van der Waals surface area contributed by atoms with Crippen molar-refractivity contribution in [2.45, 2.75) is 6.18 Å². The van der Waals surface area contributed by atoms with E-state index in [-0.39, 0.29) is 23.2 Å². The Morgan fingerprint density at radius 3 is 2.84 bits per heavy atom. The standard InChI is InChI=1S/C21H16ClF3N4O2S/c1-31-10-26-20-28-19(30)18(32-20)15(11-3-5-17-13(6-11)9-27-29-17)7-12-2-4-14(22)8-16(12)21(23,24)25/h2-9,30H,10H2,1H3,(H,26,28)(H,27,29). The lowest BCUT2D eigenvalue weighted by atomic mass is 9.98. The Morgan fingerprint density at radius 2 is 2.09 bits per heavy atom. The second-order valence-electron chi connectivity index (χ2n) is 6.74. The van der Waals surface area contributed by atoms with Gasteiger partial charge in [-0.25, -0.2) is 0 Å². The first-order chi connectivity index (χ1) is 15.3. The zero-order chi connectivity index (χ0) is 22.9. The van der Waals surface area contributed by atoms with E-state index in [1.807, 2.05) is 0 Å². The highest BCUT2D eigenvalue weighted by Crippen LogP contribution is 2.41.